The quantitative estimate of drug-likeness (QED) is 0.768. The van der Waals surface area contributed by atoms with Gasteiger partial charge in [-0.25, -0.2) is 17.5 Å². The average Bonchev–Trinajstić information content (AvgIpc) is 2.91. The van der Waals surface area contributed by atoms with Crippen molar-refractivity contribution in [2.45, 2.75) is 24.4 Å². The second kappa shape index (κ2) is 5.70. The van der Waals surface area contributed by atoms with Crippen molar-refractivity contribution in [2.24, 2.45) is 5.73 Å². The summed E-state index contributed by atoms with van der Waals surface area (Å²) in [5.41, 5.74) is 6.57. The van der Waals surface area contributed by atoms with Gasteiger partial charge < -0.3 is 5.73 Å². The van der Waals surface area contributed by atoms with Crippen molar-refractivity contribution >= 4 is 10.0 Å². The maximum absolute atomic E-state index is 13.8. The molecule has 20 heavy (non-hydrogen) atoms. The van der Waals surface area contributed by atoms with Crippen LogP contribution in [0.4, 0.5) is 4.39 Å². The fourth-order valence-electron chi connectivity index (χ4n) is 1.75. The van der Waals surface area contributed by atoms with Crippen molar-refractivity contribution in [3.05, 3.63) is 47.5 Å². The summed E-state index contributed by atoms with van der Waals surface area (Å²) in [5, 5.41) is 6.33. The van der Waals surface area contributed by atoms with Crippen molar-refractivity contribution in [1.29, 1.82) is 0 Å². The number of sulfonamides is 1. The molecular formula is C12H15FN4O2S. The van der Waals surface area contributed by atoms with Crippen LogP contribution in [0.25, 0.3) is 0 Å². The fraction of sp³-hybridized carbons (Fsp3) is 0.250. The normalized spacial score (nSPS) is 13.3. The van der Waals surface area contributed by atoms with Crippen LogP contribution in [-0.2, 0) is 16.6 Å². The van der Waals surface area contributed by atoms with E-state index in [1.807, 2.05) is 0 Å². The predicted octanol–water partition coefficient (Wildman–Crippen LogP) is 1.05. The molecule has 2 aromatic rings. The number of hydrogen-bond donors (Lipinski definition) is 3. The molecular weight excluding hydrogens is 283 g/mol. The third-order valence-corrected chi connectivity index (χ3v) is 4.45. The van der Waals surface area contributed by atoms with Crippen LogP contribution >= 0.6 is 0 Å². The lowest BCUT2D eigenvalue weighted by molar-refractivity contribution is 0.546. The summed E-state index contributed by atoms with van der Waals surface area (Å²) in [6.07, 6.45) is 3.07. The second-order valence-electron chi connectivity index (χ2n) is 4.34. The second-order valence-corrected chi connectivity index (χ2v) is 6.03. The SMILES string of the molecule is CC(NS(=O)(=O)c1ccc(CN)cc1F)c1cn[nH]c1. The Morgan fingerprint density at radius 2 is 2.25 bits per heavy atom. The lowest BCUT2D eigenvalue weighted by Gasteiger charge is -2.13. The number of H-pyrrole nitrogens is 1. The molecule has 0 aliphatic rings. The Labute approximate surface area is 116 Å². The van der Waals surface area contributed by atoms with E-state index >= 15 is 0 Å². The molecule has 2 rings (SSSR count). The molecule has 0 saturated heterocycles. The number of aromatic amines is 1. The van der Waals surface area contributed by atoms with Crippen LogP contribution in [0.2, 0.25) is 0 Å². The van der Waals surface area contributed by atoms with Gasteiger partial charge in [0.1, 0.15) is 10.7 Å². The molecule has 0 aliphatic carbocycles. The maximum atomic E-state index is 13.8. The smallest absolute Gasteiger partial charge is 0.244 e. The number of hydrogen-bond acceptors (Lipinski definition) is 4. The Morgan fingerprint density at radius 1 is 1.50 bits per heavy atom. The van der Waals surface area contributed by atoms with E-state index < -0.39 is 26.8 Å². The van der Waals surface area contributed by atoms with E-state index in [1.54, 1.807) is 13.1 Å². The topological polar surface area (TPSA) is 101 Å². The van der Waals surface area contributed by atoms with Crippen LogP contribution in [0.5, 0.6) is 0 Å². The summed E-state index contributed by atoms with van der Waals surface area (Å²) in [5.74, 6) is -0.820. The highest BCUT2D eigenvalue weighted by atomic mass is 32.2. The molecule has 0 spiro atoms. The van der Waals surface area contributed by atoms with Gasteiger partial charge in [0, 0.05) is 24.3 Å². The Balaban J connectivity index is 2.27. The predicted molar refractivity (Wildman–Crippen MR) is 71.6 cm³/mol. The Morgan fingerprint density at radius 3 is 2.80 bits per heavy atom. The average molecular weight is 298 g/mol. The third-order valence-electron chi connectivity index (χ3n) is 2.87. The van der Waals surface area contributed by atoms with Crippen LogP contribution in [0.1, 0.15) is 24.1 Å². The molecule has 0 saturated carbocycles. The zero-order valence-electron chi connectivity index (χ0n) is 10.8. The van der Waals surface area contributed by atoms with Crippen LogP contribution in [0, 0.1) is 5.82 Å². The summed E-state index contributed by atoms with van der Waals surface area (Å²) < 4.78 is 40.5. The molecule has 1 aromatic carbocycles. The molecule has 1 unspecified atom stereocenters. The van der Waals surface area contributed by atoms with Crippen molar-refractivity contribution in [3.63, 3.8) is 0 Å². The van der Waals surface area contributed by atoms with Gasteiger partial charge in [0.05, 0.1) is 6.20 Å². The first-order chi connectivity index (χ1) is 9.44. The van der Waals surface area contributed by atoms with Gasteiger partial charge in [-0.1, -0.05) is 6.07 Å². The van der Waals surface area contributed by atoms with Crippen molar-refractivity contribution in [3.8, 4) is 0 Å². The highest BCUT2D eigenvalue weighted by Gasteiger charge is 2.22. The number of nitrogens with zero attached hydrogens (tertiary/aromatic N) is 1. The first kappa shape index (κ1) is 14.6. The molecule has 1 aromatic heterocycles. The van der Waals surface area contributed by atoms with Crippen LogP contribution in [-0.4, -0.2) is 18.6 Å². The lowest BCUT2D eigenvalue weighted by atomic mass is 10.2. The van der Waals surface area contributed by atoms with Gasteiger partial charge in [0.15, 0.2) is 0 Å². The zero-order chi connectivity index (χ0) is 14.8. The first-order valence-corrected chi connectivity index (χ1v) is 7.42. The zero-order valence-corrected chi connectivity index (χ0v) is 11.6. The highest BCUT2D eigenvalue weighted by Crippen LogP contribution is 2.19. The van der Waals surface area contributed by atoms with E-state index in [-0.39, 0.29) is 6.54 Å². The van der Waals surface area contributed by atoms with E-state index in [2.05, 4.69) is 14.9 Å². The van der Waals surface area contributed by atoms with Gasteiger partial charge in [-0.2, -0.15) is 5.10 Å². The standard InChI is InChI=1S/C12H15FN4O2S/c1-8(10-6-15-16-7-10)17-20(18,19)12-3-2-9(5-14)4-11(12)13/h2-4,6-8,17H,5,14H2,1H3,(H,15,16). The summed E-state index contributed by atoms with van der Waals surface area (Å²) >= 11 is 0. The van der Waals surface area contributed by atoms with Crippen LogP contribution < -0.4 is 10.5 Å². The van der Waals surface area contributed by atoms with Crippen molar-refractivity contribution < 1.29 is 12.8 Å². The molecule has 0 amide bonds. The van der Waals surface area contributed by atoms with Crippen molar-refractivity contribution in [1.82, 2.24) is 14.9 Å². The van der Waals surface area contributed by atoms with E-state index in [0.717, 1.165) is 6.07 Å². The number of rotatable bonds is 5. The number of nitrogens with one attached hydrogen (secondary N) is 2. The van der Waals surface area contributed by atoms with E-state index in [9.17, 15) is 12.8 Å². The highest BCUT2D eigenvalue weighted by molar-refractivity contribution is 7.89. The molecule has 108 valence electrons. The van der Waals surface area contributed by atoms with Gasteiger partial charge in [-0.15, -0.1) is 0 Å². The lowest BCUT2D eigenvalue weighted by Crippen LogP contribution is -2.27. The van der Waals surface area contributed by atoms with Crippen LogP contribution in [0.15, 0.2) is 35.5 Å². The molecule has 0 radical (unpaired) electrons. The third kappa shape index (κ3) is 3.03. The fourth-order valence-corrected chi connectivity index (χ4v) is 3.04. The summed E-state index contributed by atoms with van der Waals surface area (Å²) in [6.45, 7) is 1.80. The first-order valence-electron chi connectivity index (χ1n) is 5.93. The summed E-state index contributed by atoms with van der Waals surface area (Å²) in [6, 6.07) is 3.30. The molecule has 1 heterocycles. The number of benzene rings is 1. The van der Waals surface area contributed by atoms with Gasteiger partial charge in [-0.3, -0.25) is 5.10 Å². The number of halogens is 1. The van der Waals surface area contributed by atoms with Gasteiger partial charge in [-0.05, 0) is 24.6 Å². The minimum atomic E-state index is -3.95. The van der Waals surface area contributed by atoms with Gasteiger partial charge in [0.25, 0.3) is 0 Å². The van der Waals surface area contributed by atoms with Crippen molar-refractivity contribution in [2.75, 3.05) is 0 Å². The maximum Gasteiger partial charge on any atom is 0.244 e. The van der Waals surface area contributed by atoms with Gasteiger partial charge in [0.2, 0.25) is 10.0 Å². The molecule has 4 N–H and O–H groups in total. The van der Waals surface area contributed by atoms with Crippen LogP contribution in [0.3, 0.4) is 0 Å². The van der Waals surface area contributed by atoms with E-state index in [0.29, 0.717) is 11.1 Å². The molecule has 8 heteroatoms. The summed E-state index contributed by atoms with van der Waals surface area (Å²) in [4.78, 5) is -0.398. The largest absolute Gasteiger partial charge is 0.326 e. The Hall–Kier alpha value is -1.77. The van der Waals surface area contributed by atoms with E-state index in [4.69, 9.17) is 5.73 Å². The van der Waals surface area contributed by atoms with E-state index in [1.165, 1.54) is 18.3 Å². The molecule has 1 atom stereocenters. The Kier molecular flexibility index (Phi) is 4.17. The minimum Gasteiger partial charge on any atom is -0.326 e. The molecule has 6 nitrogen and oxygen atoms in total. The Bertz CT molecular complexity index is 685. The molecule has 0 bridgehead atoms. The minimum absolute atomic E-state index is 0.149. The molecule has 0 aliphatic heterocycles. The summed E-state index contributed by atoms with van der Waals surface area (Å²) in [7, 11) is -3.95. The molecule has 0 fully saturated rings. The monoisotopic (exact) mass is 298 g/mol. The number of nitrogens with two attached hydrogens (primary N) is 1. The van der Waals surface area contributed by atoms with Gasteiger partial charge >= 0.3 is 0 Å². The number of aromatic nitrogens is 2.